The minimum atomic E-state index is -1.31. The molecule has 0 aliphatic carbocycles. The number of anilines is 2. The number of carbonyl (C=O) groups excluding carboxylic acids is 3. The van der Waals surface area contributed by atoms with Gasteiger partial charge in [0.25, 0.3) is 5.69 Å². The highest BCUT2D eigenvalue weighted by atomic mass is 35.5. The highest BCUT2D eigenvalue weighted by molar-refractivity contribution is 6.32. The lowest BCUT2D eigenvalue weighted by Crippen LogP contribution is -2.54. The van der Waals surface area contributed by atoms with Gasteiger partial charge >= 0.3 is 0 Å². The number of hydrogen-bond acceptors (Lipinski definition) is 6. The number of aryl methyl sites for hydroxylation is 1. The molecule has 4 atom stereocenters. The summed E-state index contributed by atoms with van der Waals surface area (Å²) in [5.74, 6) is -2.87. The monoisotopic (exact) mass is 480 g/mol. The fourth-order valence-corrected chi connectivity index (χ4v) is 6.74. The van der Waals surface area contributed by atoms with Crippen molar-refractivity contribution in [3.8, 4) is 0 Å². The van der Waals surface area contributed by atoms with Gasteiger partial charge in [-0.05, 0) is 50.9 Å². The zero-order valence-electron chi connectivity index (χ0n) is 18.5. The lowest BCUT2D eigenvalue weighted by atomic mass is 9.75. The minimum Gasteiger partial charge on any atom is -0.324 e. The van der Waals surface area contributed by atoms with E-state index in [0.29, 0.717) is 40.4 Å². The van der Waals surface area contributed by atoms with Crippen LogP contribution in [0.2, 0.25) is 5.02 Å². The Hall–Kier alpha value is -3.30. The predicted octanol–water partition coefficient (Wildman–Crippen LogP) is 3.30. The van der Waals surface area contributed by atoms with Crippen LogP contribution in [0.5, 0.6) is 0 Å². The molecule has 4 aliphatic heterocycles. The van der Waals surface area contributed by atoms with Gasteiger partial charge in [-0.3, -0.25) is 29.4 Å². The summed E-state index contributed by atoms with van der Waals surface area (Å²) >= 11 is 6.32. The maximum atomic E-state index is 14.0. The van der Waals surface area contributed by atoms with E-state index in [1.54, 1.807) is 25.1 Å². The molecule has 10 heteroatoms. The fraction of sp³-hybridized carbons (Fsp3) is 0.375. The molecular formula is C24H21ClN4O5. The van der Waals surface area contributed by atoms with Crippen LogP contribution in [0.25, 0.3) is 0 Å². The molecule has 3 saturated heterocycles. The van der Waals surface area contributed by atoms with Crippen molar-refractivity contribution in [1.82, 2.24) is 4.90 Å². The third-order valence-corrected chi connectivity index (χ3v) is 8.42. The van der Waals surface area contributed by atoms with Gasteiger partial charge in [-0.15, -0.1) is 0 Å². The zero-order chi connectivity index (χ0) is 24.1. The van der Waals surface area contributed by atoms with Gasteiger partial charge in [-0.1, -0.05) is 23.7 Å². The van der Waals surface area contributed by atoms with Crippen LogP contribution in [0.1, 0.15) is 29.5 Å². The molecule has 3 fully saturated rings. The zero-order valence-corrected chi connectivity index (χ0v) is 19.3. The number of nitro benzene ring substituents is 1. The first-order valence-corrected chi connectivity index (χ1v) is 11.6. The molecule has 9 nitrogen and oxygen atoms in total. The van der Waals surface area contributed by atoms with Gasteiger partial charge in [-0.25, -0.2) is 4.90 Å². The standard InChI is InChI=1S/C24H21ClN4O5/c1-11-5-6-13(10-17(11)29(33)34)28-21(30)18-16-4-3-9-27(16)24(19(18)22(28)31)14-7-8-15(25)12(2)20(14)26-23(24)32/h5-8,10,16,18-19H,3-4,9H2,1-2H3,(H,26,32)/t16-,18+,19-,24+/m0/s1. The van der Waals surface area contributed by atoms with Crippen LogP contribution in [0.3, 0.4) is 0 Å². The molecule has 3 amide bonds. The molecule has 2 aromatic rings. The van der Waals surface area contributed by atoms with Crippen molar-refractivity contribution >= 4 is 46.4 Å². The molecule has 0 radical (unpaired) electrons. The van der Waals surface area contributed by atoms with E-state index in [2.05, 4.69) is 5.32 Å². The first-order valence-electron chi connectivity index (χ1n) is 11.2. The normalized spacial score (nSPS) is 29.6. The summed E-state index contributed by atoms with van der Waals surface area (Å²) < 4.78 is 0. The van der Waals surface area contributed by atoms with Crippen molar-refractivity contribution < 1.29 is 19.3 Å². The van der Waals surface area contributed by atoms with Crippen molar-refractivity contribution in [1.29, 1.82) is 0 Å². The summed E-state index contributed by atoms with van der Waals surface area (Å²) in [5, 5.41) is 14.9. The second kappa shape index (κ2) is 6.86. The van der Waals surface area contributed by atoms with E-state index >= 15 is 0 Å². The summed E-state index contributed by atoms with van der Waals surface area (Å²) in [6, 6.07) is 7.57. The number of amides is 3. The average Bonchev–Trinajstić information content (AvgIpc) is 3.50. The molecule has 2 aromatic carbocycles. The van der Waals surface area contributed by atoms with E-state index in [0.717, 1.165) is 11.3 Å². The highest BCUT2D eigenvalue weighted by Crippen LogP contribution is 2.61. The van der Waals surface area contributed by atoms with Crippen LogP contribution >= 0.6 is 11.6 Å². The Labute approximate surface area is 199 Å². The van der Waals surface area contributed by atoms with Crippen molar-refractivity contribution in [2.75, 3.05) is 16.8 Å². The van der Waals surface area contributed by atoms with Crippen LogP contribution < -0.4 is 10.2 Å². The van der Waals surface area contributed by atoms with Crippen LogP contribution in [-0.2, 0) is 19.9 Å². The van der Waals surface area contributed by atoms with Crippen molar-refractivity contribution in [2.24, 2.45) is 11.8 Å². The van der Waals surface area contributed by atoms with Gasteiger partial charge < -0.3 is 5.32 Å². The quantitative estimate of drug-likeness (QED) is 0.401. The maximum Gasteiger partial charge on any atom is 0.274 e. The number of hydrogen-bond donors (Lipinski definition) is 1. The summed E-state index contributed by atoms with van der Waals surface area (Å²) in [6.07, 6.45) is 1.50. The van der Waals surface area contributed by atoms with E-state index in [4.69, 9.17) is 11.6 Å². The van der Waals surface area contributed by atoms with Gasteiger partial charge in [0.2, 0.25) is 17.7 Å². The number of nitrogens with zero attached hydrogens (tertiary/aromatic N) is 3. The number of nitrogens with one attached hydrogen (secondary N) is 1. The minimum absolute atomic E-state index is 0.160. The Balaban J connectivity index is 1.54. The molecular weight excluding hydrogens is 460 g/mol. The third kappa shape index (κ3) is 2.35. The van der Waals surface area contributed by atoms with Gasteiger partial charge in [0.05, 0.1) is 28.1 Å². The lowest BCUT2D eigenvalue weighted by molar-refractivity contribution is -0.385. The largest absolute Gasteiger partial charge is 0.324 e. The molecule has 1 spiro atoms. The molecule has 0 aromatic heterocycles. The van der Waals surface area contributed by atoms with Gasteiger partial charge in [0, 0.05) is 28.3 Å². The van der Waals surface area contributed by atoms with Crippen LogP contribution in [0, 0.1) is 35.8 Å². The predicted molar refractivity (Wildman–Crippen MR) is 124 cm³/mol. The van der Waals surface area contributed by atoms with Crippen molar-refractivity contribution in [2.45, 2.75) is 38.3 Å². The Morgan fingerprint density at radius 1 is 1.15 bits per heavy atom. The van der Waals surface area contributed by atoms with E-state index in [1.807, 2.05) is 11.8 Å². The van der Waals surface area contributed by atoms with Gasteiger partial charge in [0.15, 0.2) is 0 Å². The average molecular weight is 481 g/mol. The van der Waals surface area contributed by atoms with Crippen LogP contribution in [0.4, 0.5) is 17.1 Å². The topological polar surface area (TPSA) is 113 Å². The lowest BCUT2D eigenvalue weighted by Gasteiger charge is -2.36. The number of halogens is 1. The summed E-state index contributed by atoms with van der Waals surface area (Å²) in [5.41, 5.74) is 1.09. The number of rotatable bonds is 2. The second-order valence-corrected chi connectivity index (χ2v) is 9.87. The molecule has 4 heterocycles. The Kier molecular flexibility index (Phi) is 4.29. The van der Waals surface area contributed by atoms with E-state index in [-0.39, 0.29) is 23.3 Å². The Bertz CT molecular complexity index is 1340. The van der Waals surface area contributed by atoms with E-state index in [9.17, 15) is 24.5 Å². The number of benzene rings is 2. The maximum absolute atomic E-state index is 14.0. The molecule has 4 aliphatic rings. The summed E-state index contributed by atoms with van der Waals surface area (Å²) in [7, 11) is 0. The molecule has 0 unspecified atom stereocenters. The SMILES string of the molecule is Cc1ccc(N2C(=O)[C@H]3[C@@H](C2=O)[C@]2(C(=O)Nc4c2ccc(Cl)c4C)N2CCC[C@@H]32)cc1[N+](=O)[O-]. The van der Waals surface area contributed by atoms with Crippen LogP contribution in [0.15, 0.2) is 30.3 Å². The van der Waals surface area contributed by atoms with Gasteiger partial charge in [0.1, 0.15) is 5.54 Å². The molecule has 6 rings (SSSR count). The van der Waals surface area contributed by atoms with Crippen molar-refractivity contribution in [3.63, 3.8) is 0 Å². The number of fused-ring (bicyclic) bond motifs is 7. The number of nitro groups is 1. The molecule has 0 saturated carbocycles. The molecule has 1 N–H and O–H groups in total. The molecule has 34 heavy (non-hydrogen) atoms. The van der Waals surface area contributed by atoms with Gasteiger partial charge in [-0.2, -0.15) is 0 Å². The summed E-state index contributed by atoms with van der Waals surface area (Å²) in [4.78, 5) is 55.5. The highest BCUT2D eigenvalue weighted by Gasteiger charge is 2.74. The van der Waals surface area contributed by atoms with E-state index < -0.39 is 34.1 Å². The molecule has 0 bridgehead atoms. The second-order valence-electron chi connectivity index (χ2n) is 9.46. The molecule has 174 valence electrons. The smallest absolute Gasteiger partial charge is 0.274 e. The van der Waals surface area contributed by atoms with Crippen molar-refractivity contribution in [3.05, 3.63) is 62.2 Å². The number of carbonyl (C=O) groups is 3. The number of imide groups is 1. The van der Waals surface area contributed by atoms with Crippen LogP contribution in [-0.4, -0.2) is 40.1 Å². The van der Waals surface area contributed by atoms with E-state index in [1.165, 1.54) is 12.1 Å². The Morgan fingerprint density at radius 3 is 2.65 bits per heavy atom. The third-order valence-electron chi connectivity index (χ3n) is 8.01. The Morgan fingerprint density at radius 2 is 1.91 bits per heavy atom. The first kappa shape index (κ1) is 21.2. The first-order chi connectivity index (χ1) is 16.2. The fourth-order valence-electron chi connectivity index (χ4n) is 6.58. The summed E-state index contributed by atoms with van der Waals surface area (Å²) in [6.45, 7) is 4.01.